The second-order valence-electron chi connectivity index (χ2n) is 6.19. The number of thioether (sulfide) groups is 1. The Hall–Kier alpha value is -2.93. The number of halogens is 2. The lowest BCUT2D eigenvalue weighted by Gasteiger charge is -2.18. The minimum atomic E-state index is -0.926. The average Bonchev–Trinajstić information content (AvgIpc) is 2.70. The lowest BCUT2D eigenvalue weighted by molar-refractivity contribution is 0.220. The van der Waals surface area contributed by atoms with Crippen LogP contribution in [0.1, 0.15) is 11.1 Å². The molecule has 0 saturated carbocycles. The number of anilines is 1. The molecule has 0 atom stereocenters. The van der Waals surface area contributed by atoms with Gasteiger partial charge in [-0.1, -0.05) is 24.3 Å². The van der Waals surface area contributed by atoms with Crippen molar-refractivity contribution in [2.45, 2.75) is 17.3 Å². The third-order valence-electron chi connectivity index (χ3n) is 3.95. The van der Waals surface area contributed by atoms with Gasteiger partial charge in [0.15, 0.2) is 11.6 Å². The first-order chi connectivity index (χ1) is 13.5. The van der Waals surface area contributed by atoms with E-state index in [2.05, 4.69) is 10.3 Å². The summed E-state index contributed by atoms with van der Waals surface area (Å²) < 4.78 is 26.3. The van der Waals surface area contributed by atoms with Gasteiger partial charge in [-0.25, -0.2) is 18.6 Å². The average molecular weight is 399 g/mol. The molecule has 7 heteroatoms. The maximum atomic E-state index is 13.3. The quantitative estimate of drug-likeness (QED) is 0.571. The van der Waals surface area contributed by atoms with Gasteiger partial charge in [0.05, 0.1) is 5.03 Å². The summed E-state index contributed by atoms with van der Waals surface area (Å²) in [6, 6.07) is 16.6. The molecule has 0 aliphatic rings. The Morgan fingerprint density at radius 1 is 1.04 bits per heavy atom. The largest absolute Gasteiger partial charge is 0.323 e. The molecule has 0 bridgehead atoms. The molecule has 0 unspecified atom stereocenters. The van der Waals surface area contributed by atoms with E-state index in [0.717, 1.165) is 28.5 Å². The van der Waals surface area contributed by atoms with Crippen molar-refractivity contribution in [2.75, 3.05) is 12.4 Å². The molecule has 28 heavy (non-hydrogen) atoms. The summed E-state index contributed by atoms with van der Waals surface area (Å²) in [7, 11) is 1.59. The minimum Gasteiger partial charge on any atom is -0.323 e. The van der Waals surface area contributed by atoms with Crippen molar-refractivity contribution in [3.8, 4) is 0 Å². The number of nitrogens with zero attached hydrogens (tertiary/aromatic N) is 2. The zero-order valence-electron chi connectivity index (χ0n) is 15.2. The number of urea groups is 1. The number of rotatable bonds is 6. The Bertz CT molecular complexity index is 953. The number of benzene rings is 2. The number of carbonyl (C=O) groups excluding carboxylic acids is 1. The van der Waals surface area contributed by atoms with E-state index < -0.39 is 11.6 Å². The topological polar surface area (TPSA) is 45.2 Å². The van der Waals surface area contributed by atoms with Crippen LogP contribution >= 0.6 is 11.8 Å². The SMILES string of the molecule is CN(Cc1ccc(F)c(F)c1)C(=O)Nc1cccc(CSc2ccccn2)c1. The van der Waals surface area contributed by atoms with Gasteiger partial charge in [-0.05, 0) is 47.5 Å². The molecule has 0 fully saturated rings. The van der Waals surface area contributed by atoms with Crippen LogP contribution in [0.5, 0.6) is 0 Å². The van der Waals surface area contributed by atoms with E-state index >= 15 is 0 Å². The molecule has 1 N–H and O–H groups in total. The Labute approximate surface area is 166 Å². The minimum absolute atomic E-state index is 0.165. The summed E-state index contributed by atoms with van der Waals surface area (Å²) in [5, 5.41) is 3.75. The van der Waals surface area contributed by atoms with Crippen molar-refractivity contribution < 1.29 is 13.6 Å². The van der Waals surface area contributed by atoms with Gasteiger partial charge in [0.1, 0.15) is 0 Å². The molecule has 0 saturated heterocycles. The summed E-state index contributed by atoms with van der Waals surface area (Å²) in [5.74, 6) is -1.11. The molecule has 0 aliphatic carbocycles. The zero-order valence-corrected chi connectivity index (χ0v) is 16.0. The van der Waals surface area contributed by atoms with E-state index in [-0.39, 0.29) is 12.6 Å². The Kier molecular flexibility index (Phi) is 6.60. The fourth-order valence-corrected chi connectivity index (χ4v) is 3.34. The second kappa shape index (κ2) is 9.32. The summed E-state index contributed by atoms with van der Waals surface area (Å²) in [4.78, 5) is 18.1. The van der Waals surface area contributed by atoms with Crippen LogP contribution in [0, 0.1) is 11.6 Å². The fourth-order valence-electron chi connectivity index (χ4n) is 2.53. The predicted octanol–water partition coefficient (Wildman–Crippen LogP) is 5.32. The first-order valence-electron chi connectivity index (χ1n) is 8.60. The monoisotopic (exact) mass is 399 g/mol. The van der Waals surface area contributed by atoms with Crippen LogP contribution in [0.25, 0.3) is 0 Å². The number of pyridine rings is 1. The molecule has 4 nitrogen and oxygen atoms in total. The van der Waals surface area contributed by atoms with E-state index in [1.54, 1.807) is 31.1 Å². The third kappa shape index (κ3) is 5.53. The van der Waals surface area contributed by atoms with Gasteiger partial charge in [-0.15, -0.1) is 11.8 Å². The maximum Gasteiger partial charge on any atom is 0.321 e. The van der Waals surface area contributed by atoms with Gasteiger partial charge in [0.25, 0.3) is 0 Å². The summed E-state index contributed by atoms with van der Waals surface area (Å²) >= 11 is 1.61. The van der Waals surface area contributed by atoms with Crippen molar-refractivity contribution in [1.82, 2.24) is 9.88 Å². The van der Waals surface area contributed by atoms with Gasteiger partial charge in [-0.3, -0.25) is 0 Å². The normalized spacial score (nSPS) is 10.5. The number of hydrogen-bond donors (Lipinski definition) is 1. The van der Waals surface area contributed by atoms with Crippen LogP contribution < -0.4 is 5.32 Å². The van der Waals surface area contributed by atoms with Crippen molar-refractivity contribution in [3.63, 3.8) is 0 Å². The molecular weight excluding hydrogens is 380 g/mol. The van der Waals surface area contributed by atoms with Gasteiger partial charge in [0, 0.05) is 31.2 Å². The molecule has 2 amide bonds. The van der Waals surface area contributed by atoms with Crippen LogP contribution in [0.15, 0.2) is 71.9 Å². The second-order valence-corrected chi connectivity index (χ2v) is 7.19. The highest BCUT2D eigenvalue weighted by molar-refractivity contribution is 7.98. The molecule has 3 rings (SSSR count). The van der Waals surface area contributed by atoms with Crippen LogP contribution in [0.2, 0.25) is 0 Å². The highest BCUT2D eigenvalue weighted by atomic mass is 32.2. The highest BCUT2D eigenvalue weighted by Gasteiger charge is 2.11. The molecule has 0 radical (unpaired) electrons. The van der Waals surface area contributed by atoms with Gasteiger partial charge in [-0.2, -0.15) is 0 Å². The lowest BCUT2D eigenvalue weighted by Crippen LogP contribution is -2.30. The molecule has 0 spiro atoms. The van der Waals surface area contributed by atoms with Crippen molar-refractivity contribution in [3.05, 3.63) is 89.6 Å². The van der Waals surface area contributed by atoms with Crippen molar-refractivity contribution in [1.29, 1.82) is 0 Å². The van der Waals surface area contributed by atoms with Crippen LogP contribution in [0.3, 0.4) is 0 Å². The standard InChI is InChI=1S/C21H19F2N3OS/c1-26(13-15-8-9-18(22)19(23)12-15)21(27)25-17-6-4-5-16(11-17)14-28-20-7-2-3-10-24-20/h2-12H,13-14H2,1H3,(H,25,27). The summed E-state index contributed by atoms with van der Waals surface area (Å²) in [6.45, 7) is 0.165. The highest BCUT2D eigenvalue weighted by Crippen LogP contribution is 2.22. The molecule has 2 aromatic carbocycles. The third-order valence-corrected chi connectivity index (χ3v) is 4.97. The molecule has 3 aromatic rings. The molecule has 144 valence electrons. The summed E-state index contributed by atoms with van der Waals surface area (Å²) in [6.07, 6.45) is 1.75. The molecule has 0 aliphatic heterocycles. The Morgan fingerprint density at radius 3 is 2.64 bits per heavy atom. The number of hydrogen-bond acceptors (Lipinski definition) is 3. The van der Waals surface area contributed by atoms with E-state index in [0.29, 0.717) is 11.3 Å². The Morgan fingerprint density at radius 2 is 1.89 bits per heavy atom. The lowest BCUT2D eigenvalue weighted by atomic mass is 10.2. The van der Waals surface area contributed by atoms with Crippen LogP contribution in [-0.4, -0.2) is 23.0 Å². The number of amides is 2. The van der Waals surface area contributed by atoms with E-state index in [4.69, 9.17) is 0 Å². The number of carbonyl (C=O) groups is 1. The van der Waals surface area contributed by atoms with Gasteiger partial charge < -0.3 is 10.2 Å². The maximum absolute atomic E-state index is 13.3. The van der Waals surface area contributed by atoms with E-state index in [1.165, 1.54) is 11.0 Å². The number of aromatic nitrogens is 1. The van der Waals surface area contributed by atoms with Crippen molar-refractivity contribution in [2.24, 2.45) is 0 Å². The van der Waals surface area contributed by atoms with Crippen LogP contribution in [0.4, 0.5) is 19.3 Å². The fraction of sp³-hybridized carbons (Fsp3) is 0.143. The van der Waals surface area contributed by atoms with Gasteiger partial charge in [0.2, 0.25) is 0 Å². The van der Waals surface area contributed by atoms with E-state index in [1.807, 2.05) is 36.4 Å². The summed E-state index contributed by atoms with van der Waals surface area (Å²) in [5.41, 5.74) is 2.23. The Balaban J connectivity index is 1.57. The molecule has 1 heterocycles. The predicted molar refractivity (Wildman–Crippen MR) is 107 cm³/mol. The number of nitrogens with one attached hydrogen (secondary N) is 1. The van der Waals surface area contributed by atoms with Crippen molar-refractivity contribution >= 4 is 23.5 Å². The first-order valence-corrected chi connectivity index (χ1v) is 9.58. The van der Waals surface area contributed by atoms with Crippen LogP contribution in [-0.2, 0) is 12.3 Å². The zero-order chi connectivity index (χ0) is 19.9. The first kappa shape index (κ1) is 19.8. The van der Waals surface area contributed by atoms with Gasteiger partial charge >= 0.3 is 6.03 Å². The molecule has 1 aromatic heterocycles. The molecular formula is C21H19F2N3OS. The smallest absolute Gasteiger partial charge is 0.321 e. The van der Waals surface area contributed by atoms with E-state index in [9.17, 15) is 13.6 Å².